The summed E-state index contributed by atoms with van der Waals surface area (Å²) in [6.45, 7) is 8.47. The third-order valence-electron chi connectivity index (χ3n) is 2.27. The van der Waals surface area contributed by atoms with Crippen molar-refractivity contribution in [2.24, 2.45) is 0 Å². The molecule has 0 aliphatic heterocycles. The smallest absolute Gasteiger partial charge is 0.159 e. The van der Waals surface area contributed by atoms with Crippen LogP contribution in [0.25, 0.3) is 0 Å². The second-order valence-electron chi connectivity index (χ2n) is 5.10. The van der Waals surface area contributed by atoms with E-state index in [-0.39, 0.29) is 5.54 Å². The molecule has 0 aromatic heterocycles. The van der Waals surface area contributed by atoms with Gasteiger partial charge in [-0.25, -0.2) is 8.78 Å². The van der Waals surface area contributed by atoms with Crippen LogP contribution in [-0.4, -0.2) is 18.6 Å². The minimum absolute atomic E-state index is 0.101. The standard InChI is InChI=1S/C13H20F2N2/c1-13(2,3)17-7-6-16-9-10-4-5-11(14)12(15)8-10/h4-5,8,16-17H,6-7,9H2,1-3H3. The van der Waals surface area contributed by atoms with Crippen molar-refractivity contribution >= 4 is 0 Å². The number of hydrogen-bond donors (Lipinski definition) is 2. The van der Waals surface area contributed by atoms with Crippen LogP contribution in [0.4, 0.5) is 8.78 Å². The molecule has 0 atom stereocenters. The van der Waals surface area contributed by atoms with Gasteiger partial charge in [-0.3, -0.25) is 0 Å². The Hall–Kier alpha value is -1.00. The molecule has 0 saturated heterocycles. The first-order chi connectivity index (χ1) is 7.88. The van der Waals surface area contributed by atoms with Crippen molar-refractivity contribution in [3.63, 3.8) is 0 Å². The van der Waals surface area contributed by atoms with Gasteiger partial charge in [0.15, 0.2) is 11.6 Å². The zero-order chi connectivity index (χ0) is 12.9. The quantitative estimate of drug-likeness (QED) is 0.775. The fraction of sp³-hybridized carbons (Fsp3) is 0.538. The lowest BCUT2D eigenvalue weighted by Crippen LogP contribution is -2.40. The van der Waals surface area contributed by atoms with E-state index in [0.717, 1.165) is 24.7 Å². The van der Waals surface area contributed by atoms with Gasteiger partial charge in [-0.05, 0) is 38.5 Å². The van der Waals surface area contributed by atoms with Crippen LogP contribution < -0.4 is 10.6 Å². The van der Waals surface area contributed by atoms with Crippen LogP contribution >= 0.6 is 0 Å². The summed E-state index contributed by atoms with van der Waals surface area (Å²) in [5.41, 5.74) is 0.851. The van der Waals surface area contributed by atoms with E-state index in [1.807, 2.05) is 0 Å². The molecule has 0 amide bonds. The summed E-state index contributed by atoms with van der Waals surface area (Å²) >= 11 is 0. The van der Waals surface area contributed by atoms with E-state index in [2.05, 4.69) is 31.4 Å². The van der Waals surface area contributed by atoms with Crippen molar-refractivity contribution < 1.29 is 8.78 Å². The highest BCUT2D eigenvalue weighted by molar-refractivity contribution is 5.17. The van der Waals surface area contributed by atoms with Gasteiger partial charge in [-0.15, -0.1) is 0 Å². The van der Waals surface area contributed by atoms with E-state index in [1.54, 1.807) is 6.07 Å². The molecule has 2 N–H and O–H groups in total. The molecule has 0 fully saturated rings. The van der Waals surface area contributed by atoms with Gasteiger partial charge in [-0.1, -0.05) is 6.07 Å². The Labute approximate surface area is 101 Å². The topological polar surface area (TPSA) is 24.1 Å². The van der Waals surface area contributed by atoms with Gasteiger partial charge in [-0.2, -0.15) is 0 Å². The van der Waals surface area contributed by atoms with Gasteiger partial charge in [0, 0.05) is 25.2 Å². The monoisotopic (exact) mass is 242 g/mol. The molecule has 0 unspecified atom stereocenters. The van der Waals surface area contributed by atoms with E-state index in [1.165, 1.54) is 6.07 Å². The highest BCUT2D eigenvalue weighted by Gasteiger charge is 2.07. The van der Waals surface area contributed by atoms with Crippen LogP contribution in [0, 0.1) is 11.6 Å². The molecule has 0 aliphatic rings. The van der Waals surface area contributed by atoms with Crippen molar-refractivity contribution in [3.05, 3.63) is 35.4 Å². The van der Waals surface area contributed by atoms with E-state index in [0.29, 0.717) is 6.54 Å². The maximum atomic E-state index is 12.9. The Morgan fingerprint density at radius 3 is 2.35 bits per heavy atom. The van der Waals surface area contributed by atoms with Gasteiger partial charge in [0.1, 0.15) is 0 Å². The van der Waals surface area contributed by atoms with E-state index < -0.39 is 11.6 Å². The summed E-state index contributed by atoms with van der Waals surface area (Å²) in [5, 5.41) is 6.50. The molecule has 0 bridgehead atoms. The molecule has 0 saturated carbocycles. The Morgan fingerprint density at radius 1 is 1.06 bits per heavy atom. The molecule has 0 aliphatic carbocycles. The summed E-state index contributed by atoms with van der Waals surface area (Å²) in [6.07, 6.45) is 0. The fourth-order valence-electron chi connectivity index (χ4n) is 1.41. The van der Waals surface area contributed by atoms with Crippen LogP contribution in [0.5, 0.6) is 0 Å². The van der Waals surface area contributed by atoms with Crippen LogP contribution in [0.2, 0.25) is 0 Å². The van der Waals surface area contributed by atoms with Crippen molar-refractivity contribution in [3.8, 4) is 0 Å². The second-order valence-corrected chi connectivity index (χ2v) is 5.10. The molecule has 2 nitrogen and oxygen atoms in total. The lowest BCUT2D eigenvalue weighted by Gasteiger charge is -2.20. The number of rotatable bonds is 5. The van der Waals surface area contributed by atoms with Crippen molar-refractivity contribution in [2.75, 3.05) is 13.1 Å². The second kappa shape index (κ2) is 6.07. The Kier molecular flexibility index (Phi) is 5.02. The molecule has 0 heterocycles. The Morgan fingerprint density at radius 2 is 1.76 bits per heavy atom. The Bertz CT molecular complexity index is 359. The molecule has 96 valence electrons. The molecule has 4 heteroatoms. The zero-order valence-corrected chi connectivity index (χ0v) is 10.6. The number of halogens is 2. The first-order valence-corrected chi connectivity index (χ1v) is 5.78. The van der Waals surface area contributed by atoms with Crippen LogP contribution in [-0.2, 0) is 6.54 Å². The number of nitrogens with one attached hydrogen (secondary N) is 2. The van der Waals surface area contributed by atoms with Crippen molar-refractivity contribution in [1.29, 1.82) is 0 Å². The van der Waals surface area contributed by atoms with E-state index in [9.17, 15) is 8.78 Å². The molecule has 17 heavy (non-hydrogen) atoms. The van der Waals surface area contributed by atoms with Crippen LogP contribution in [0.15, 0.2) is 18.2 Å². The molecular formula is C13H20F2N2. The summed E-state index contributed by atoms with van der Waals surface area (Å²) < 4.78 is 25.6. The van der Waals surface area contributed by atoms with Crippen molar-refractivity contribution in [1.82, 2.24) is 10.6 Å². The molecular weight excluding hydrogens is 222 g/mol. The zero-order valence-electron chi connectivity index (χ0n) is 10.6. The van der Waals surface area contributed by atoms with Gasteiger partial charge in [0.25, 0.3) is 0 Å². The third kappa shape index (κ3) is 5.75. The molecule has 0 radical (unpaired) electrons. The predicted octanol–water partition coefficient (Wildman–Crippen LogP) is 2.44. The maximum absolute atomic E-state index is 12.9. The van der Waals surface area contributed by atoms with Crippen molar-refractivity contribution in [2.45, 2.75) is 32.9 Å². The lowest BCUT2D eigenvalue weighted by atomic mass is 10.1. The molecule has 1 aromatic carbocycles. The number of benzene rings is 1. The van der Waals surface area contributed by atoms with Crippen LogP contribution in [0.3, 0.4) is 0 Å². The average Bonchev–Trinajstić information content (AvgIpc) is 2.21. The fourth-order valence-corrected chi connectivity index (χ4v) is 1.41. The highest BCUT2D eigenvalue weighted by Crippen LogP contribution is 2.08. The minimum atomic E-state index is -0.803. The summed E-state index contributed by atoms with van der Waals surface area (Å²) in [6, 6.07) is 3.96. The SMILES string of the molecule is CC(C)(C)NCCNCc1ccc(F)c(F)c1. The average molecular weight is 242 g/mol. The maximum Gasteiger partial charge on any atom is 0.159 e. The normalized spacial score (nSPS) is 11.8. The third-order valence-corrected chi connectivity index (χ3v) is 2.27. The van der Waals surface area contributed by atoms with Gasteiger partial charge < -0.3 is 10.6 Å². The largest absolute Gasteiger partial charge is 0.311 e. The highest BCUT2D eigenvalue weighted by atomic mass is 19.2. The lowest BCUT2D eigenvalue weighted by molar-refractivity contribution is 0.421. The number of hydrogen-bond acceptors (Lipinski definition) is 2. The van der Waals surface area contributed by atoms with Gasteiger partial charge in [0.2, 0.25) is 0 Å². The summed E-state index contributed by atoms with van der Waals surface area (Å²) in [7, 11) is 0. The van der Waals surface area contributed by atoms with E-state index >= 15 is 0 Å². The first-order valence-electron chi connectivity index (χ1n) is 5.78. The van der Waals surface area contributed by atoms with Gasteiger partial charge in [0.05, 0.1) is 0 Å². The predicted molar refractivity (Wildman–Crippen MR) is 65.8 cm³/mol. The minimum Gasteiger partial charge on any atom is -0.311 e. The summed E-state index contributed by atoms with van der Waals surface area (Å²) in [4.78, 5) is 0. The van der Waals surface area contributed by atoms with Gasteiger partial charge >= 0.3 is 0 Å². The first kappa shape index (κ1) is 14.1. The summed E-state index contributed by atoms with van der Waals surface area (Å²) in [5.74, 6) is -1.60. The molecule has 1 aromatic rings. The molecule has 0 spiro atoms. The van der Waals surface area contributed by atoms with Crippen LogP contribution in [0.1, 0.15) is 26.3 Å². The van der Waals surface area contributed by atoms with E-state index in [4.69, 9.17) is 0 Å². The Balaban J connectivity index is 2.25. The molecule has 1 rings (SSSR count).